The van der Waals surface area contributed by atoms with Crippen molar-refractivity contribution >= 4 is 45.7 Å². The van der Waals surface area contributed by atoms with E-state index in [0.29, 0.717) is 10.6 Å². The summed E-state index contributed by atoms with van der Waals surface area (Å²) in [6.45, 7) is 2.00. The molecule has 0 spiro atoms. The third kappa shape index (κ3) is 3.14. The van der Waals surface area contributed by atoms with Crippen molar-refractivity contribution in [3.8, 4) is 0 Å². The molecule has 0 bridgehead atoms. The molecule has 1 amide bonds. The minimum absolute atomic E-state index is 0.0761. The summed E-state index contributed by atoms with van der Waals surface area (Å²) in [5, 5.41) is 3.11. The van der Waals surface area contributed by atoms with Gasteiger partial charge in [0, 0.05) is 3.57 Å². The van der Waals surface area contributed by atoms with Crippen LogP contribution in [0.15, 0.2) is 18.2 Å². The summed E-state index contributed by atoms with van der Waals surface area (Å²) >= 11 is 7.43. The van der Waals surface area contributed by atoms with Gasteiger partial charge in [-0.3, -0.25) is 4.79 Å². The molecule has 20 heavy (non-hydrogen) atoms. The van der Waals surface area contributed by atoms with Crippen molar-refractivity contribution in [2.24, 2.45) is 5.73 Å². The number of nitrogens with two attached hydrogens (primary N) is 1. The van der Waals surface area contributed by atoms with Gasteiger partial charge in [0.05, 0.1) is 16.1 Å². The van der Waals surface area contributed by atoms with Crippen molar-refractivity contribution < 1.29 is 4.79 Å². The van der Waals surface area contributed by atoms with E-state index >= 15 is 0 Å². The van der Waals surface area contributed by atoms with Crippen LogP contribution in [0.3, 0.4) is 0 Å². The van der Waals surface area contributed by atoms with Crippen molar-refractivity contribution in [2.75, 3.05) is 0 Å². The predicted molar refractivity (Wildman–Crippen MR) is 94.0 cm³/mol. The second-order valence-electron chi connectivity index (χ2n) is 5.40. The fourth-order valence-corrected chi connectivity index (χ4v) is 3.56. The van der Waals surface area contributed by atoms with Crippen LogP contribution >= 0.6 is 34.8 Å². The van der Waals surface area contributed by atoms with Crippen LogP contribution in [0.4, 0.5) is 0 Å². The van der Waals surface area contributed by atoms with Crippen LogP contribution in [-0.4, -0.2) is 16.4 Å². The van der Waals surface area contributed by atoms with Crippen molar-refractivity contribution in [1.82, 2.24) is 5.32 Å². The second-order valence-corrected chi connectivity index (χ2v) is 6.92. The lowest BCUT2D eigenvalue weighted by Gasteiger charge is -2.37. The van der Waals surface area contributed by atoms with Gasteiger partial charge in [-0.2, -0.15) is 0 Å². The molecule has 0 heterocycles. The summed E-state index contributed by atoms with van der Waals surface area (Å²) in [5.74, 6) is -0.0761. The van der Waals surface area contributed by atoms with Crippen LogP contribution in [0.25, 0.3) is 0 Å². The number of carbonyl (C=O) groups is 1. The molecule has 1 aliphatic rings. The Morgan fingerprint density at radius 1 is 1.35 bits per heavy atom. The molecule has 5 heteroatoms. The van der Waals surface area contributed by atoms with Crippen LogP contribution in [0, 0.1) is 10.5 Å². The molecule has 108 valence electrons. The first kappa shape index (κ1) is 15.7. The van der Waals surface area contributed by atoms with Gasteiger partial charge in [0.1, 0.15) is 0 Å². The highest BCUT2D eigenvalue weighted by molar-refractivity contribution is 14.1. The van der Waals surface area contributed by atoms with Crippen molar-refractivity contribution in [3.05, 3.63) is 32.9 Å². The van der Waals surface area contributed by atoms with Gasteiger partial charge in [-0.25, -0.2) is 0 Å². The Bertz CT molecular complexity index is 539. The third-order valence-corrected chi connectivity index (χ3v) is 5.79. The molecule has 0 aliphatic heterocycles. The fourth-order valence-electron chi connectivity index (χ4n) is 2.70. The maximum absolute atomic E-state index is 12.6. The van der Waals surface area contributed by atoms with Gasteiger partial charge in [0.25, 0.3) is 5.91 Å². The highest BCUT2D eigenvalue weighted by atomic mass is 127. The maximum Gasteiger partial charge on any atom is 0.253 e. The third-order valence-electron chi connectivity index (χ3n) is 3.97. The fraction of sp³-hybridized carbons (Fsp3) is 0.467. The Kier molecular flexibility index (Phi) is 5.01. The Labute approximate surface area is 138 Å². The second kappa shape index (κ2) is 6.39. The van der Waals surface area contributed by atoms with Crippen LogP contribution in [0.1, 0.15) is 48.0 Å². The number of amides is 1. The highest BCUT2D eigenvalue weighted by Crippen LogP contribution is 2.29. The molecule has 1 aromatic carbocycles. The monoisotopic (exact) mass is 402 g/mol. The molecule has 0 unspecified atom stereocenters. The summed E-state index contributed by atoms with van der Waals surface area (Å²) in [7, 11) is 0. The zero-order valence-electron chi connectivity index (χ0n) is 11.5. The van der Waals surface area contributed by atoms with E-state index in [0.717, 1.165) is 34.8 Å². The molecule has 0 saturated heterocycles. The number of hydrogen-bond acceptors (Lipinski definition) is 2. The van der Waals surface area contributed by atoms with E-state index in [1.165, 1.54) is 6.42 Å². The van der Waals surface area contributed by atoms with Crippen LogP contribution in [0.5, 0.6) is 0 Å². The maximum atomic E-state index is 12.6. The molecule has 1 fully saturated rings. The predicted octanol–water partition coefficient (Wildman–Crippen LogP) is 3.32. The normalized spacial score (nSPS) is 17.5. The number of aryl methyl sites for hydroxylation is 1. The molecule has 3 nitrogen and oxygen atoms in total. The minimum Gasteiger partial charge on any atom is -0.391 e. The largest absolute Gasteiger partial charge is 0.391 e. The van der Waals surface area contributed by atoms with Crippen LogP contribution in [-0.2, 0) is 0 Å². The zero-order chi connectivity index (χ0) is 14.8. The Morgan fingerprint density at radius 2 is 2.00 bits per heavy atom. The molecular weight excluding hydrogens is 383 g/mol. The van der Waals surface area contributed by atoms with E-state index in [-0.39, 0.29) is 5.91 Å². The van der Waals surface area contributed by atoms with Gasteiger partial charge >= 0.3 is 0 Å². The number of rotatable bonds is 3. The number of halogens is 1. The summed E-state index contributed by atoms with van der Waals surface area (Å²) in [6.07, 6.45) is 4.99. The lowest BCUT2D eigenvalue weighted by atomic mass is 9.81. The lowest BCUT2D eigenvalue weighted by molar-refractivity contribution is 0.0907. The summed E-state index contributed by atoms with van der Waals surface area (Å²) in [4.78, 5) is 13.0. The van der Waals surface area contributed by atoms with Gasteiger partial charge in [-0.05, 0) is 54.0 Å². The molecule has 2 rings (SSSR count). The van der Waals surface area contributed by atoms with Crippen molar-refractivity contribution in [3.63, 3.8) is 0 Å². The Balaban J connectivity index is 2.25. The highest BCUT2D eigenvalue weighted by Gasteiger charge is 2.36. The average molecular weight is 402 g/mol. The molecule has 1 aromatic rings. The molecule has 1 aliphatic carbocycles. The minimum atomic E-state index is -0.502. The standard InChI is InChI=1S/C15H19IN2OS/c1-10-6-5-7-11(12(10)16)13(19)18-15(14(17)20)8-3-2-4-9-15/h5-7H,2-4,8-9H2,1H3,(H2,17,20)(H,18,19). The Morgan fingerprint density at radius 3 is 2.60 bits per heavy atom. The van der Waals surface area contributed by atoms with E-state index in [1.807, 2.05) is 25.1 Å². The molecule has 3 N–H and O–H groups in total. The lowest BCUT2D eigenvalue weighted by Crippen LogP contribution is -2.57. The first-order valence-corrected chi connectivity index (χ1v) is 8.32. The summed E-state index contributed by atoms with van der Waals surface area (Å²) < 4.78 is 0.983. The number of hydrogen-bond donors (Lipinski definition) is 2. The van der Waals surface area contributed by atoms with E-state index in [4.69, 9.17) is 18.0 Å². The molecular formula is C15H19IN2OS. The number of thiocarbonyl (C=S) groups is 1. The molecule has 0 radical (unpaired) electrons. The van der Waals surface area contributed by atoms with Gasteiger partial charge < -0.3 is 11.1 Å². The Hall–Kier alpha value is -0.690. The van der Waals surface area contributed by atoms with Crippen LogP contribution in [0.2, 0.25) is 0 Å². The quantitative estimate of drug-likeness (QED) is 0.603. The van der Waals surface area contributed by atoms with E-state index in [1.54, 1.807) is 0 Å². The molecule has 0 atom stereocenters. The summed E-state index contributed by atoms with van der Waals surface area (Å²) in [5.41, 5.74) is 7.21. The van der Waals surface area contributed by atoms with Gasteiger partial charge in [0.15, 0.2) is 0 Å². The van der Waals surface area contributed by atoms with E-state index < -0.39 is 5.54 Å². The first-order chi connectivity index (χ1) is 9.46. The zero-order valence-corrected chi connectivity index (χ0v) is 14.5. The summed E-state index contributed by atoms with van der Waals surface area (Å²) in [6, 6.07) is 5.75. The molecule has 1 saturated carbocycles. The van der Waals surface area contributed by atoms with Crippen molar-refractivity contribution in [2.45, 2.75) is 44.6 Å². The number of carbonyl (C=O) groups excluding carboxylic acids is 1. The smallest absolute Gasteiger partial charge is 0.253 e. The van der Waals surface area contributed by atoms with E-state index in [2.05, 4.69) is 27.9 Å². The number of nitrogens with one attached hydrogen (secondary N) is 1. The molecule has 0 aromatic heterocycles. The van der Waals surface area contributed by atoms with Gasteiger partial charge in [0.2, 0.25) is 0 Å². The first-order valence-electron chi connectivity index (χ1n) is 6.84. The SMILES string of the molecule is Cc1cccc(C(=O)NC2(C(N)=S)CCCCC2)c1I. The van der Waals surface area contributed by atoms with Gasteiger partial charge in [-0.15, -0.1) is 0 Å². The van der Waals surface area contributed by atoms with E-state index in [9.17, 15) is 4.79 Å². The average Bonchev–Trinajstić information content (AvgIpc) is 2.42. The van der Waals surface area contributed by atoms with Crippen LogP contribution < -0.4 is 11.1 Å². The van der Waals surface area contributed by atoms with Gasteiger partial charge in [-0.1, -0.05) is 43.6 Å². The number of benzene rings is 1. The van der Waals surface area contributed by atoms with Crippen molar-refractivity contribution in [1.29, 1.82) is 0 Å². The topological polar surface area (TPSA) is 55.1 Å².